The maximum atomic E-state index is 14.3. The summed E-state index contributed by atoms with van der Waals surface area (Å²) in [6, 6.07) is 21.0. The van der Waals surface area contributed by atoms with Gasteiger partial charge in [-0.25, -0.2) is 14.8 Å². The lowest BCUT2D eigenvalue weighted by molar-refractivity contribution is 0.0610. The second kappa shape index (κ2) is 13.6. The topological polar surface area (TPSA) is 132 Å². The highest BCUT2D eigenvalue weighted by atomic mass is 79.9. The molecule has 1 fully saturated rings. The number of fused-ring (bicyclic) bond motifs is 1. The van der Waals surface area contributed by atoms with E-state index in [0.29, 0.717) is 37.9 Å². The lowest BCUT2D eigenvalue weighted by Crippen LogP contribution is -2.47. The highest BCUT2D eigenvalue weighted by Crippen LogP contribution is 2.30. The van der Waals surface area contributed by atoms with E-state index in [2.05, 4.69) is 31.2 Å². The van der Waals surface area contributed by atoms with E-state index in [9.17, 15) is 19.5 Å². The second-order valence-electron chi connectivity index (χ2n) is 12.1. The molecule has 2 aliphatic rings. The lowest BCUT2D eigenvalue weighted by Gasteiger charge is -2.34. The number of nitrogens with zero attached hydrogens (tertiary/aromatic N) is 5. The maximum Gasteiger partial charge on any atom is 0.333 e. The first-order valence-corrected chi connectivity index (χ1v) is 17.1. The molecule has 1 atom stereocenters. The van der Waals surface area contributed by atoms with Crippen molar-refractivity contribution in [3.05, 3.63) is 127 Å². The van der Waals surface area contributed by atoms with Gasteiger partial charge in [0.2, 0.25) is 0 Å². The van der Waals surface area contributed by atoms with Gasteiger partial charge in [0, 0.05) is 40.9 Å². The molecule has 0 bridgehead atoms. The summed E-state index contributed by atoms with van der Waals surface area (Å²) in [7, 11) is 0. The molecule has 0 saturated heterocycles. The molecule has 3 heterocycles. The van der Waals surface area contributed by atoms with Crippen molar-refractivity contribution in [1.29, 1.82) is 0 Å². The number of nitrogens with one attached hydrogen (secondary N) is 1. The van der Waals surface area contributed by atoms with Gasteiger partial charge in [0.05, 0.1) is 34.7 Å². The minimum atomic E-state index is -0.480. The van der Waals surface area contributed by atoms with Crippen LogP contribution in [0.25, 0.3) is 16.9 Å². The highest BCUT2D eigenvalue weighted by Gasteiger charge is 2.35. The Labute approximate surface area is 295 Å². The van der Waals surface area contributed by atoms with Gasteiger partial charge < -0.3 is 20.1 Å². The zero-order valence-corrected chi connectivity index (χ0v) is 28.8. The molecule has 0 radical (unpaired) electrons. The Kier molecular flexibility index (Phi) is 9.10. The van der Waals surface area contributed by atoms with Gasteiger partial charge >= 0.3 is 5.69 Å². The van der Waals surface area contributed by atoms with Crippen molar-refractivity contribution in [2.75, 3.05) is 0 Å². The standard InChI is InChI=1S/C36H32BrClN6O5/c1-21-18-43-31(19-42(21)35(47)22-6-13-28(37)29(38)16-22)33(44(36(43)48)24-7-9-25(10-8-24)49-26-11-12-26)34(46)40-17-23-4-2-3-5-27(23)30-14-15-39-32(20-45)41-30/h2-10,13-16,21,26,45H,11-12,17-20H2,1H3,(H,40,46). The van der Waals surface area contributed by atoms with Crippen molar-refractivity contribution in [2.24, 2.45) is 0 Å². The molecular formula is C36H32BrClN6O5. The van der Waals surface area contributed by atoms with Crippen molar-refractivity contribution >= 4 is 39.3 Å². The Morgan fingerprint density at radius 2 is 1.86 bits per heavy atom. The van der Waals surface area contributed by atoms with Crippen LogP contribution in [0.5, 0.6) is 5.75 Å². The van der Waals surface area contributed by atoms with Crippen molar-refractivity contribution in [2.45, 2.75) is 58.2 Å². The highest BCUT2D eigenvalue weighted by molar-refractivity contribution is 9.10. The first-order chi connectivity index (χ1) is 23.7. The number of aliphatic hydroxyl groups is 1. The van der Waals surface area contributed by atoms with Crippen molar-refractivity contribution in [3.63, 3.8) is 0 Å². The number of imidazole rings is 1. The lowest BCUT2D eigenvalue weighted by atomic mass is 10.0. The van der Waals surface area contributed by atoms with Gasteiger partial charge in [-0.05, 0) is 89.8 Å². The molecule has 0 spiro atoms. The Bertz CT molecular complexity index is 2130. The minimum Gasteiger partial charge on any atom is -0.490 e. The van der Waals surface area contributed by atoms with Gasteiger partial charge in [0.25, 0.3) is 11.8 Å². The number of aliphatic hydroxyl groups excluding tert-OH is 1. The predicted molar refractivity (Wildman–Crippen MR) is 187 cm³/mol. The van der Waals surface area contributed by atoms with E-state index < -0.39 is 5.91 Å². The number of halogens is 2. The summed E-state index contributed by atoms with van der Waals surface area (Å²) in [5.74, 6) is 0.236. The largest absolute Gasteiger partial charge is 0.490 e. The molecule has 1 unspecified atom stereocenters. The van der Waals surface area contributed by atoms with Gasteiger partial charge in [-0.1, -0.05) is 35.9 Å². The molecule has 2 amide bonds. The normalized spacial score (nSPS) is 15.5. The van der Waals surface area contributed by atoms with E-state index in [1.807, 2.05) is 31.2 Å². The Morgan fingerprint density at radius 1 is 1.08 bits per heavy atom. The fraction of sp³-hybridized carbons (Fsp3) is 0.250. The average molecular weight is 744 g/mol. The number of rotatable bonds is 9. The Hall–Kier alpha value is -4.78. The number of carbonyl (C=O) groups excluding carboxylic acids is 2. The number of hydrogen-bond acceptors (Lipinski definition) is 7. The smallest absolute Gasteiger partial charge is 0.333 e. The number of benzene rings is 3. The zero-order valence-electron chi connectivity index (χ0n) is 26.5. The second-order valence-corrected chi connectivity index (χ2v) is 13.4. The van der Waals surface area contributed by atoms with Crippen molar-refractivity contribution in [1.82, 2.24) is 29.3 Å². The van der Waals surface area contributed by atoms with Gasteiger partial charge in [0.15, 0.2) is 5.82 Å². The van der Waals surface area contributed by atoms with Crippen molar-refractivity contribution < 1.29 is 19.4 Å². The van der Waals surface area contributed by atoms with Gasteiger partial charge in [-0.15, -0.1) is 0 Å². The molecule has 2 N–H and O–H groups in total. The molecule has 7 rings (SSSR count). The van der Waals surface area contributed by atoms with Crippen LogP contribution in [-0.2, 0) is 26.2 Å². The van der Waals surface area contributed by atoms with E-state index >= 15 is 0 Å². The molecule has 3 aromatic carbocycles. The zero-order chi connectivity index (χ0) is 34.2. The SMILES string of the molecule is CC1Cn2c(c(C(=O)NCc3ccccc3-c3ccnc(CO)n3)n(-c3ccc(OC4CC4)cc3)c2=O)CN1C(=O)c1ccc(Br)c(Cl)c1. The van der Waals surface area contributed by atoms with E-state index in [1.54, 1.807) is 64.2 Å². The van der Waals surface area contributed by atoms with E-state index in [4.69, 9.17) is 16.3 Å². The molecule has 250 valence electrons. The van der Waals surface area contributed by atoms with E-state index in [0.717, 1.165) is 24.0 Å². The molecular weight excluding hydrogens is 712 g/mol. The fourth-order valence-electron chi connectivity index (χ4n) is 6.02. The molecule has 1 aliphatic heterocycles. The summed E-state index contributed by atoms with van der Waals surface area (Å²) in [5, 5.41) is 13.0. The molecule has 1 aliphatic carbocycles. The third-order valence-electron chi connectivity index (χ3n) is 8.69. The third kappa shape index (κ3) is 6.63. The summed E-state index contributed by atoms with van der Waals surface area (Å²) in [5.41, 5.74) is 3.24. The maximum absolute atomic E-state index is 14.3. The van der Waals surface area contributed by atoms with Crippen LogP contribution in [0.15, 0.2) is 88.3 Å². The molecule has 13 heteroatoms. The number of amides is 2. The molecule has 2 aromatic heterocycles. The number of ether oxygens (including phenoxy) is 1. The van der Waals surface area contributed by atoms with Gasteiger partial charge in [0.1, 0.15) is 18.1 Å². The van der Waals surface area contributed by atoms with Gasteiger partial charge in [-0.3, -0.25) is 18.7 Å². The van der Waals surface area contributed by atoms with Crippen LogP contribution in [0, 0.1) is 0 Å². The first-order valence-electron chi connectivity index (χ1n) is 15.9. The molecule has 11 nitrogen and oxygen atoms in total. The van der Waals surface area contributed by atoms with Crippen LogP contribution in [0.3, 0.4) is 0 Å². The first kappa shape index (κ1) is 32.8. The summed E-state index contributed by atoms with van der Waals surface area (Å²) in [4.78, 5) is 52.4. The average Bonchev–Trinajstić information content (AvgIpc) is 3.90. The van der Waals surface area contributed by atoms with Crippen LogP contribution < -0.4 is 15.7 Å². The molecule has 5 aromatic rings. The molecule has 1 saturated carbocycles. The summed E-state index contributed by atoms with van der Waals surface area (Å²) in [6.07, 6.45) is 3.82. The number of carbonyl (C=O) groups is 2. The van der Waals surface area contributed by atoms with Crippen LogP contribution in [-0.4, -0.2) is 53.1 Å². The van der Waals surface area contributed by atoms with Crippen LogP contribution in [0.2, 0.25) is 5.02 Å². The van der Waals surface area contributed by atoms with Crippen LogP contribution in [0.1, 0.15) is 57.7 Å². The predicted octanol–water partition coefficient (Wildman–Crippen LogP) is 5.52. The minimum absolute atomic E-state index is 0.0308. The molecule has 49 heavy (non-hydrogen) atoms. The fourth-order valence-corrected chi connectivity index (χ4v) is 6.44. The summed E-state index contributed by atoms with van der Waals surface area (Å²) < 4.78 is 9.58. The summed E-state index contributed by atoms with van der Waals surface area (Å²) >= 11 is 9.69. The van der Waals surface area contributed by atoms with Gasteiger partial charge in [-0.2, -0.15) is 0 Å². The Morgan fingerprint density at radius 3 is 2.59 bits per heavy atom. The van der Waals surface area contributed by atoms with Crippen LogP contribution in [0.4, 0.5) is 0 Å². The third-order valence-corrected chi connectivity index (χ3v) is 9.92. The van der Waals surface area contributed by atoms with E-state index in [1.165, 1.54) is 4.57 Å². The van der Waals surface area contributed by atoms with E-state index in [-0.39, 0.29) is 61.5 Å². The number of hydrogen-bond donors (Lipinski definition) is 2. The monoisotopic (exact) mass is 742 g/mol. The van der Waals surface area contributed by atoms with Crippen LogP contribution >= 0.6 is 27.5 Å². The summed E-state index contributed by atoms with van der Waals surface area (Å²) in [6.45, 7) is 1.93. The van der Waals surface area contributed by atoms with Crippen molar-refractivity contribution in [3.8, 4) is 22.7 Å². The number of aromatic nitrogens is 4. The Balaban J connectivity index is 1.25. The quantitative estimate of drug-likeness (QED) is 0.203.